The minimum atomic E-state index is -3.29. The Morgan fingerprint density at radius 2 is 2.05 bits per heavy atom. The Balaban J connectivity index is 1.31. The molecule has 4 aromatic rings. The second kappa shape index (κ2) is 8.56. The smallest absolute Gasteiger partial charge is 0.272 e. The van der Waals surface area contributed by atoms with Crippen molar-refractivity contribution in [1.29, 1.82) is 0 Å². The maximum absolute atomic E-state index is 15.1. The van der Waals surface area contributed by atoms with Gasteiger partial charge in [0, 0.05) is 17.3 Å². The van der Waals surface area contributed by atoms with E-state index in [9.17, 15) is 13.9 Å². The molecule has 0 unspecified atom stereocenters. The van der Waals surface area contributed by atoms with Crippen molar-refractivity contribution < 1.29 is 27.4 Å². The number of nitrogens with zero attached hydrogens (tertiary/aromatic N) is 5. The second-order valence-corrected chi connectivity index (χ2v) is 10.4. The van der Waals surface area contributed by atoms with Crippen LogP contribution in [-0.2, 0) is 12.1 Å². The number of aromatic nitrogens is 4. The lowest BCUT2D eigenvalue weighted by atomic mass is 9.85. The Bertz CT molecular complexity index is 1570. The van der Waals surface area contributed by atoms with E-state index in [1.165, 1.54) is 44.0 Å². The first-order chi connectivity index (χ1) is 18.2. The van der Waals surface area contributed by atoms with Crippen LogP contribution < -0.4 is 15.8 Å². The Morgan fingerprint density at radius 1 is 1.21 bits per heavy atom. The number of nitrogens with two attached hydrogens (primary N) is 1. The molecular weight excluding hydrogens is 523 g/mol. The summed E-state index contributed by atoms with van der Waals surface area (Å²) in [6.07, 6.45) is 5.76. The van der Waals surface area contributed by atoms with E-state index < -0.39 is 34.6 Å². The molecule has 4 heterocycles. The summed E-state index contributed by atoms with van der Waals surface area (Å²) in [5.41, 5.74) is 5.31. The van der Waals surface area contributed by atoms with Gasteiger partial charge in [0.1, 0.15) is 34.4 Å². The van der Waals surface area contributed by atoms with Gasteiger partial charge in [0.2, 0.25) is 5.89 Å². The number of fused-ring (bicyclic) bond motifs is 2. The van der Waals surface area contributed by atoms with Gasteiger partial charge < -0.3 is 25.3 Å². The van der Waals surface area contributed by atoms with Crippen molar-refractivity contribution in [3.8, 4) is 5.75 Å². The number of benzene rings is 1. The summed E-state index contributed by atoms with van der Waals surface area (Å²) in [4.78, 5) is 21.1. The van der Waals surface area contributed by atoms with Gasteiger partial charge in [-0.1, -0.05) is 11.8 Å². The lowest BCUT2D eigenvalue weighted by molar-refractivity contribution is 0.0685. The highest BCUT2D eigenvalue weighted by molar-refractivity contribution is 8.15. The van der Waals surface area contributed by atoms with E-state index >= 15 is 4.39 Å². The van der Waals surface area contributed by atoms with Gasteiger partial charge in [-0.15, -0.1) is 0 Å². The number of hydrogen-bond donors (Lipinski definition) is 3. The number of halogens is 3. The number of alkyl halides is 2. The van der Waals surface area contributed by atoms with Gasteiger partial charge in [0.15, 0.2) is 17.6 Å². The minimum Gasteiger partial charge on any atom is -0.482 e. The van der Waals surface area contributed by atoms with Crippen molar-refractivity contribution >= 4 is 39.5 Å². The molecule has 196 valence electrons. The molecule has 6 rings (SSSR count). The van der Waals surface area contributed by atoms with Crippen molar-refractivity contribution in [1.82, 2.24) is 19.9 Å². The largest absolute Gasteiger partial charge is 0.482 e. The first-order valence-electron chi connectivity index (χ1n) is 11.4. The Hall–Kier alpha value is -3.91. The standard InChI is InChI=1S/C24H20F3N7O3S/c1-22(20-23(10-35,24(20,26)27)38-21(28)34-22)14-6-12(2-3-15(14)25)33-19-18-16(31-11-32-19)7-13(8-30-18)37-9-17-29-4-5-36-17/h2-8,11,20,35H,9-10H2,1H3,(H2,28,34)(H,31,32,33)/t20-,22+,23+/m0/s1. The molecule has 0 amide bonds. The van der Waals surface area contributed by atoms with E-state index in [2.05, 4.69) is 30.2 Å². The van der Waals surface area contributed by atoms with Gasteiger partial charge in [-0.2, -0.15) is 0 Å². The van der Waals surface area contributed by atoms with E-state index in [-0.39, 0.29) is 17.3 Å². The van der Waals surface area contributed by atoms with Crippen molar-refractivity contribution in [2.24, 2.45) is 16.6 Å². The molecule has 1 aliphatic heterocycles. The molecule has 4 N–H and O–H groups in total. The first-order valence-corrected chi connectivity index (χ1v) is 12.2. The van der Waals surface area contributed by atoms with Crippen LogP contribution in [0.2, 0.25) is 0 Å². The predicted octanol–water partition coefficient (Wildman–Crippen LogP) is 3.75. The maximum Gasteiger partial charge on any atom is 0.272 e. The van der Waals surface area contributed by atoms with Crippen LogP contribution in [0.5, 0.6) is 5.75 Å². The van der Waals surface area contributed by atoms with Crippen LogP contribution in [0, 0.1) is 11.7 Å². The highest BCUT2D eigenvalue weighted by atomic mass is 32.2. The minimum absolute atomic E-state index is 0.0840. The van der Waals surface area contributed by atoms with Gasteiger partial charge in [0.05, 0.1) is 36.0 Å². The SMILES string of the molecule is C[C@]1(c2cc(Nc3ncnc4cc(OCc5ncco5)cnc34)ccc2F)N=C(N)S[C@]2(CO)[C@H]1C2(F)F. The van der Waals surface area contributed by atoms with Crippen LogP contribution in [0.4, 0.5) is 24.7 Å². The van der Waals surface area contributed by atoms with E-state index in [0.717, 1.165) is 6.07 Å². The van der Waals surface area contributed by atoms with Gasteiger partial charge in [-0.3, -0.25) is 4.99 Å². The van der Waals surface area contributed by atoms with Crippen LogP contribution in [-0.4, -0.2) is 47.5 Å². The molecule has 1 saturated carbocycles. The van der Waals surface area contributed by atoms with Gasteiger partial charge in [-0.25, -0.2) is 33.1 Å². The number of aliphatic imine (C=N–C) groups is 1. The molecule has 1 aromatic carbocycles. The average Bonchev–Trinajstić information content (AvgIpc) is 3.19. The second-order valence-electron chi connectivity index (χ2n) is 9.10. The van der Waals surface area contributed by atoms with Crippen LogP contribution in [0.1, 0.15) is 18.4 Å². The summed E-state index contributed by atoms with van der Waals surface area (Å²) in [6, 6.07) is 5.65. The average molecular weight is 544 g/mol. The fraction of sp³-hybridized carbons (Fsp3) is 0.292. The molecule has 0 saturated heterocycles. The highest BCUT2D eigenvalue weighted by Crippen LogP contribution is 2.74. The number of pyridine rings is 1. The van der Waals surface area contributed by atoms with Crippen LogP contribution >= 0.6 is 11.8 Å². The molecule has 0 spiro atoms. The zero-order valence-electron chi connectivity index (χ0n) is 19.7. The highest BCUT2D eigenvalue weighted by Gasteiger charge is 2.87. The van der Waals surface area contributed by atoms with Crippen molar-refractivity contribution in [2.75, 3.05) is 11.9 Å². The number of anilines is 2. The van der Waals surface area contributed by atoms with Crippen LogP contribution in [0.15, 0.2) is 58.7 Å². The molecular formula is C24H20F3N7O3S. The van der Waals surface area contributed by atoms with E-state index in [1.807, 2.05) is 0 Å². The summed E-state index contributed by atoms with van der Waals surface area (Å²) < 4.78 is 53.9. The third-order valence-corrected chi connectivity index (χ3v) is 8.11. The quantitative estimate of drug-likeness (QED) is 0.315. The summed E-state index contributed by atoms with van der Waals surface area (Å²) in [5, 5.41) is 12.7. The van der Waals surface area contributed by atoms with Crippen molar-refractivity contribution in [3.63, 3.8) is 0 Å². The number of ether oxygens (including phenoxy) is 1. The van der Waals surface area contributed by atoms with Gasteiger partial charge >= 0.3 is 0 Å². The number of nitrogens with one attached hydrogen (secondary N) is 1. The Kier molecular flexibility index (Phi) is 5.50. The Morgan fingerprint density at radius 3 is 2.82 bits per heavy atom. The number of thioether (sulfide) groups is 1. The summed E-state index contributed by atoms with van der Waals surface area (Å²) in [7, 11) is 0. The molecule has 10 nitrogen and oxygen atoms in total. The molecule has 38 heavy (non-hydrogen) atoms. The van der Waals surface area contributed by atoms with Crippen molar-refractivity contribution in [2.45, 2.75) is 29.7 Å². The Labute approximate surface area is 217 Å². The monoisotopic (exact) mass is 543 g/mol. The lowest BCUT2D eigenvalue weighted by Crippen LogP contribution is -2.37. The third kappa shape index (κ3) is 3.66. The fourth-order valence-electron chi connectivity index (χ4n) is 5.01. The topological polar surface area (TPSA) is 145 Å². The molecule has 0 radical (unpaired) electrons. The number of aliphatic hydroxyl groups is 1. The van der Waals surface area contributed by atoms with Gasteiger partial charge in [-0.05, 0) is 25.1 Å². The summed E-state index contributed by atoms with van der Waals surface area (Å²) in [5.74, 6) is -4.32. The third-order valence-electron chi connectivity index (χ3n) is 6.81. The number of oxazole rings is 1. The molecule has 1 aliphatic carbocycles. The lowest BCUT2D eigenvalue weighted by Gasteiger charge is -2.32. The molecule has 3 aromatic heterocycles. The zero-order chi connectivity index (χ0) is 26.7. The van der Waals surface area contributed by atoms with Crippen LogP contribution in [0.3, 0.4) is 0 Å². The molecule has 3 atom stereocenters. The molecule has 14 heteroatoms. The zero-order valence-corrected chi connectivity index (χ0v) is 20.5. The van der Waals surface area contributed by atoms with E-state index in [4.69, 9.17) is 14.9 Å². The maximum atomic E-state index is 15.1. The van der Waals surface area contributed by atoms with E-state index in [0.29, 0.717) is 45.9 Å². The number of aliphatic hydroxyl groups excluding tert-OH is 1. The summed E-state index contributed by atoms with van der Waals surface area (Å²) in [6.45, 7) is 0.693. The van der Waals surface area contributed by atoms with E-state index in [1.54, 1.807) is 6.07 Å². The number of amidine groups is 1. The number of hydrogen-bond acceptors (Lipinski definition) is 11. The molecule has 2 aliphatic rings. The summed E-state index contributed by atoms with van der Waals surface area (Å²) >= 11 is 0.630. The number of rotatable bonds is 7. The van der Waals surface area contributed by atoms with Crippen LogP contribution in [0.25, 0.3) is 11.0 Å². The van der Waals surface area contributed by atoms with Gasteiger partial charge in [0.25, 0.3) is 5.92 Å². The fourth-order valence-corrected chi connectivity index (χ4v) is 6.37. The normalized spacial score (nSPS) is 25.5. The molecule has 1 fully saturated rings. The molecule has 0 bridgehead atoms. The predicted molar refractivity (Wildman–Crippen MR) is 133 cm³/mol. The van der Waals surface area contributed by atoms with Crippen molar-refractivity contribution in [3.05, 3.63) is 66.5 Å². The first kappa shape index (κ1) is 24.4.